The third-order valence-electron chi connectivity index (χ3n) is 7.87. The number of carbonyl (C=O) groups excluding carboxylic acids is 1. The fourth-order valence-electron chi connectivity index (χ4n) is 5.97. The summed E-state index contributed by atoms with van der Waals surface area (Å²) in [6, 6.07) is 10.1. The number of imide groups is 1. The van der Waals surface area contributed by atoms with Gasteiger partial charge in [0, 0.05) is 43.5 Å². The van der Waals surface area contributed by atoms with Crippen molar-refractivity contribution in [1.29, 1.82) is 0 Å². The number of methoxy groups -OCH3 is 1. The molecule has 2 aliphatic heterocycles. The molecule has 6 rings (SSSR count). The number of aromatic nitrogens is 3. The third-order valence-corrected chi connectivity index (χ3v) is 7.87. The van der Waals surface area contributed by atoms with Gasteiger partial charge in [0.15, 0.2) is 0 Å². The number of carbonyl (C=O) groups is 2. The van der Waals surface area contributed by atoms with E-state index in [2.05, 4.69) is 10.3 Å². The van der Waals surface area contributed by atoms with Crippen molar-refractivity contribution in [3.05, 3.63) is 77.0 Å². The first-order chi connectivity index (χ1) is 20.2. The van der Waals surface area contributed by atoms with Crippen LogP contribution in [0.1, 0.15) is 33.6 Å². The number of pyridine rings is 2. The Labute approximate surface area is 241 Å². The van der Waals surface area contributed by atoms with Crippen LogP contribution in [0.3, 0.4) is 0 Å². The number of halogens is 1. The van der Waals surface area contributed by atoms with Crippen molar-refractivity contribution >= 4 is 29.2 Å². The molecule has 4 aromatic rings. The van der Waals surface area contributed by atoms with Crippen LogP contribution in [0.15, 0.2) is 48.8 Å². The predicted molar refractivity (Wildman–Crippen MR) is 152 cm³/mol. The molecule has 2 amide bonds. The van der Waals surface area contributed by atoms with Crippen LogP contribution in [0.25, 0.3) is 16.9 Å². The van der Waals surface area contributed by atoms with Crippen LogP contribution in [0.2, 0.25) is 0 Å². The Morgan fingerprint density at radius 1 is 1.26 bits per heavy atom. The summed E-state index contributed by atoms with van der Waals surface area (Å²) in [5.41, 5.74) is 4.47. The molecule has 3 aromatic heterocycles. The van der Waals surface area contributed by atoms with Crippen LogP contribution in [0, 0.1) is 5.82 Å². The van der Waals surface area contributed by atoms with Crippen molar-refractivity contribution in [3.8, 4) is 11.3 Å². The Hall–Kier alpha value is -4.39. The molecule has 0 saturated carbocycles. The first kappa shape index (κ1) is 27.8. The van der Waals surface area contributed by atoms with Crippen molar-refractivity contribution < 1.29 is 28.6 Å². The first-order valence-electron chi connectivity index (χ1n) is 13.5. The quantitative estimate of drug-likeness (QED) is 0.318. The van der Waals surface area contributed by atoms with Gasteiger partial charge in [-0.3, -0.25) is 9.20 Å². The van der Waals surface area contributed by atoms with Gasteiger partial charge in [-0.05, 0) is 49.8 Å². The Kier molecular flexibility index (Phi) is 7.13. The fourth-order valence-corrected chi connectivity index (χ4v) is 5.97. The largest absolute Gasteiger partial charge is 0.465 e. The van der Waals surface area contributed by atoms with Crippen molar-refractivity contribution in [2.45, 2.75) is 24.9 Å². The molecule has 0 radical (unpaired) electrons. The second kappa shape index (κ2) is 10.8. The number of hydrogen-bond acceptors (Lipinski definition) is 8. The highest BCUT2D eigenvalue weighted by molar-refractivity contribution is 6.11. The second-order valence-corrected chi connectivity index (χ2v) is 11.0. The van der Waals surface area contributed by atoms with Crippen LogP contribution in [-0.4, -0.2) is 82.3 Å². The number of rotatable bonds is 8. The number of nitrogens with one attached hydrogen (secondary N) is 1. The number of carboxylic acid groups (broad SMARTS) is 1. The summed E-state index contributed by atoms with van der Waals surface area (Å²) in [6.45, 7) is 2.15. The Bertz CT molecular complexity index is 1700. The van der Waals surface area contributed by atoms with Gasteiger partial charge in [0.2, 0.25) is 0 Å². The van der Waals surface area contributed by atoms with E-state index in [1.54, 1.807) is 30.0 Å². The number of anilines is 2. The molecular formula is C30H31FN6O5. The summed E-state index contributed by atoms with van der Waals surface area (Å²) in [4.78, 5) is 37.5. The molecule has 218 valence electrons. The molecule has 2 N–H and O–H groups in total. The van der Waals surface area contributed by atoms with E-state index in [-0.39, 0.29) is 17.5 Å². The van der Waals surface area contributed by atoms with Gasteiger partial charge in [-0.25, -0.2) is 24.1 Å². The van der Waals surface area contributed by atoms with E-state index in [4.69, 9.17) is 14.5 Å². The molecule has 1 saturated heterocycles. The van der Waals surface area contributed by atoms with E-state index in [9.17, 15) is 19.1 Å². The number of imidazole rings is 1. The summed E-state index contributed by atoms with van der Waals surface area (Å²) < 4.78 is 26.8. The smallest absolute Gasteiger partial charge is 0.414 e. The van der Waals surface area contributed by atoms with Gasteiger partial charge < -0.3 is 24.8 Å². The lowest BCUT2D eigenvalue weighted by Gasteiger charge is -2.30. The van der Waals surface area contributed by atoms with E-state index in [0.29, 0.717) is 60.3 Å². The fraction of sp³-hybridized carbons (Fsp3) is 0.333. The van der Waals surface area contributed by atoms with Crippen LogP contribution < -0.4 is 5.32 Å². The Morgan fingerprint density at radius 2 is 2.10 bits per heavy atom. The number of benzene rings is 1. The molecule has 11 nitrogen and oxygen atoms in total. The maximum absolute atomic E-state index is 13.8. The second-order valence-electron chi connectivity index (χ2n) is 11.0. The SMILES string of the molecule is COCC1(c2ccc(Nc3ccc(-c4cnc5cc(F)ccn45)c4c3C(=O)N(C(=O)O)C4)nc2CN(C)C)CCOC1. The number of amides is 2. The van der Waals surface area contributed by atoms with E-state index in [1.807, 2.05) is 37.2 Å². The molecular weight excluding hydrogens is 543 g/mol. The summed E-state index contributed by atoms with van der Waals surface area (Å²) in [5, 5.41) is 13.1. The lowest BCUT2D eigenvalue weighted by atomic mass is 9.79. The van der Waals surface area contributed by atoms with E-state index in [0.717, 1.165) is 22.6 Å². The molecule has 42 heavy (non-hydrogen) atoms. The van der Waals surface area contributed by atoms with Gasteiger partial charge in [-0.2, -0.15) is 0 Å². The van der Waals surface area contributed by atoms with Gasteiger partial charge in [0.1, 0.15) is 17.3 Å². The van der Waals surface area contributed by atoms with Gasteiger partial charge in [0.05, 0.1) is 48.6 Å². The number of nitrogens with zero attached hydrogens (tertiary/aromatic N) is 5. The van der Waals surface area contributed by atoms with E-state index >= 15 is 0 Å². The summed E-state index contributed by atoms with van der Waals surface area (Å²) in [5.74, 6) is -0.532. The van der Waals surface area contributed by atoms with Crippen LogP contribution in [-0.2, 0) is 28.0 Å². The summed E-state index contributed by atoms with van der Waals surface area (Å²) >= 11 is 0. The van der Waals surface area contributed by atoms with E-state index < -0.39 is 17.8 Å². The molecule has 12 heteroatoms. The van der Waals surface area contributed by atoms with Crippen molar-refractivity contribution in [3.63, 3.8) is 0 Å². The summed E-state index contributed by atoms with van der Waals surface area (Å²) in [6.07, 6.45) is 2.62. The summed E-state index contributed by atoms with van der Waals surface area (Å²) in [7, 11) is 5.62. The monoisotopic (exact) mass is 574 g/mol. The molecule has 1 aromatic carbocycles. The minimum absolute atomic E-state index is 0.124. The molecule has 1 atom stereocenters. The zero-order valence-electron chi connectivity index (χ0n) is 23.6. The molecule has 1 fully saturated rings. The van der Waals surface area contributed by atoms with Crippen molar-refractivity contribution in [2.24, 2.45) is 0 Å². The van der Waals surface area contributed by atoms with Crippen LogP contribution >= 0.6 is 0 Å². The average Bonchev–Trinajstić information content (AvgIpc) is 3.67. The van der Waals surface area contributed by atoms with Crippen molar-refractivity contribution in [1.82, 2.24) is 24.2 Å². The topological polar surface area (TPSA) is 122 Å². The first-order valence-corrected chi connectivity index (χ1v) is 13.5. The molecule has 5 heterocycles. The van der Waals surface area contributed by atoms with Crippen LogP contribution in [0.5, 0.6) is 0 Å². The minimum atomic E-state index is -1.34. The lowest BCUT2D eigenvalue weighted by molar-refractivity contribution is 0.0764. The van der Waals surface area contributed by atoms with Gasteiger partial charge in [-0.15, -0.1) is 0 Å². The highest BCUT2D eigenvalue weighted by Gasteiger charge is 2.40. The van der Waals surface area contributed by atoms with Gasteiger partial charge >= 0.3 is 6.09 Å². The normalized spacial score (nSPS) is 18.3. The highest BCUT2D eigenvalue weighted by Crippen LogP contribution is 2.40. The molecule has 2 aliphatic rings. The number of ether oxygens (including phenoxy) is 2. The number of hydrogen-bond donors (Lipinski definition) is 2. The van der Waals surface area contributed by atoms with Gasteiger partial charge in [0.25, 0.3) is 5.91 Å². The average molecular weight is 575 g/mol. The van der Waals surface area contributed by atoms with Crippen LogP contribution in [0.4, 0.5) is 20.7 Å². The maximum Gasteiger partial charge on any atom is 0.414 e. The van der Waals surface area contributed by atoms with Gasteiger partial charge in [-0.1, -0.05) is 12.1 Å². The molecule has 0 aliphatic carbocycles. The third kappa shape index (κ3) is 4.77. The van der Waals surface area contributed by atoms with E-state index in [1.165, 1.54) is 12.1 Å². The molecule has 0 spiro atoms. The zero-order valence-corrected chi connectivity index (χ0v) is 23.6. The Morgan fingerprint density at radius 3 is 2.81 bits per heavy atom. The van der Waals surface area contributed by atoms with Crippen molar-refractivity contribution in [2.75, 3.05) is 46.3 Å². The number of fused-ring (bicyclic) bond motifs is 2. The zero-order chi connectivity index (χ0) is 29.6. The molecule has 1 unspecified atom stereocenters. The minimum Gasteiger partial charge on any atom is -0.465 e. The Balaban J connectivity index is 1.43. The predicted octanol–water partition coefficient (Wildman–Crippen LogP) is 4.28. The highest BCUT2D eigenvalue weighted by atomic mass is 19.1. The molecule has 0 bridgehead atoms. The maximum atomic E-state index is 13.8. The lowest BCUT2D eigenvalue weighted by Crippen LogP contribution is -2.34. The standard InChI is InChI=1S/C30H31FN6O5/c1-35(2)15-23-21(30(16-41-3)9-11-42-17-30)5-7-25(34-23)33-22-6-4-19(20-14-37(29(39)40)28(38)27(20)22)24-13-32-26-12-18(31)8-10-36(24)26/h4-8,10,12-13H,9,11,14-17H2,1-3H3,(H,33,34)(H,39,40).